The van der Waals surface area contributed by atoms with Gasteiger partial charge in [0.25, 0.3) is 0 Å². The van der Waals surface area contributed by atoms with Gasteiger partial charge < -0.3 is 5.11 Å². The minimum atomic E-state index is 0.116. The predicted octanol–water partition coefficient (Wildman–Crippen LogP) is 0.780. The zero-order valence-electron chi connectivity index (χ0n) is 7.54. The van der Waals surface area contributed by atoms with E-state index in [0.29, 0.717) is 0 Å². The van der Waals surface area contributed by atoms with Crippen molar-refractivity contribution in [2.24, 2.45) is 0 Å². The summed E-state index contributed by atoms with van der Waals surface area (Å²) in [5, 5.41) is 11.3. The maximum absolute atomic E-state index is 8.90. The zero-order chi connectivity index (χ0) is 8.97. The molecular formula is C11H14O. The van der Waals surface area contributed by atoms with E-state index in [9.17, 15) is 0 Å². The molecule has 0 heterocycles. The lowest BCUT2D eigenvalue weighted by Crippen LogP contribution is -2.23. The van der Waals surface area contributed by atoms with Crippen molar-refractivity contribution in [3.8, 4) is 0 Å². The second-order valence-corrected chi connectivity index (χ2v) is 2.70. The molecule has 0 aliphatic carbocycles. The Balaban J connectivity index is 3.42. The van der Waals surface area contributed by atoms with Gasteiger partial charge in [0.15, 0.2) is 0 Å². The summed E-state index contributed by atoms with van der Waals surface area (Å²) in [6.45, 7) is 4.13. The molecule has 0 saturated carbocycles. The first-order valence-corrected chi connectivity index (χ1v) is 4.14. The van der Waals surface area contributed by atoms with Gasteiger partial charge in [-0.05, 0) is 35.9 Å². The van der Waals surface area contributed by atoms with E-state index in [4.69, 9.17) is 5.11 Å². The third kappa shape index (κ3) is 1.74. The molecule has 1 aromatic rings. The summed E-state index contributed by atoms with van der Waals surface area (Å²) < 4.78 is 0. The van der Waals surface area contributed by atoms with Gasteiger partial charge in [-0.3, -0.25) is 0 Å². The Hall–Kier alpha value is -1.08. The highest BCUT2D eigenvalue weighted by atomic mass is 16.3. The van der Waals surface area contributed by atoms with Crippen LogP contribution in [-0.2, 0) is 6.61 Å². The first-order valence-electron chi connectivity index (χ1n) is 4.14. The normalized spacial score (nSPS) is 13.9. The number of hydrogen-bond acceptors (Lipinski definition) is 1. The molecule has 0 spiro atoms. The van der Waals surface area contributed by atoms with Crippen molar-refractivity contribution < 1.29 is 5.11 Å². The summed E-state index contributed by atoms with van der Waals surface area (Å²) in [6.07, 6.45) is 4.12. The highest BCUT2D eigenvalue weighted by Crippen LogP contribution is 1.90. The van der Waals surface area contributed by atoms with Crippen LogP contribution < -0.4 is 10.4 Å². The second kappa shape index (κ2) is 4.07. The summed E-state index contributed by atoms with van der Waals surface area (Å²) in [5.74, 6) is 0. The van der Waals surface area contributed by atoms with Crippen LogP contribution in [0.1, 0.15) is 19.4 Å². The van der Waals surface area contributed by atoms with E-state index in [1.54, 1.807) is 0 Å². The molecule has 1 rings (SSSR count). The van der Waals surface area contributed by atoms with Crippen molar-refractivity contribution in [2.75, 3.05) is 0 Å². The number of aliphatic hydroxyl groups excluding tert-OH is 1. The van der Waals surface area contributed by atoms with E-state index in [1.165, 1.54) is 10.4 Å². The van der Waals surface area contributed by atoms with E-state index < -0.39 is 0 Å². The van der Waals surface area contributed by atoms with Crippen LogP contribution in [0.4, 0.5) is 0 Å². The summed E-state index contributed by atoms with van der Waals surface area (Å²) in [6, 6.07) is 5.98. The second-order valence-electron chi connectivity index (χ2n) is 2.70. The molecule has 64 valence electrons. The van der Waals surface area contributed by atoms with Gasteiger partial charge >= 0.3 is 0 Å². The summed E-state index contributed by atoms with van der Waals surface area (Å²) in [4.78, 5) is 0. The minimum absolute atomic E-state index is 0.116. The largest absolute Gasteiger partial charge is 0.392 e. The molecule has 1 heteroatoms. The molecule has 0 saturated heterocycles. The van der Waals surface area contributed by atoms with Crippen molar-refractivity contribution in [1.29, 1.82) is 0 Å². The Kier molecular flexibility index (Phi) is 3.06. The van der Waals surface area contributed by atoms with Crippen molar-refractivity contribution in [3.05, 3.63) is 34.2 Å². The zero-order valence-corrected chi connectivity index (χ0v) is 7.54. The van der Waals surface area contributed by atoms with Crippen LogP contribution in [0.15, 0.2) is 18.2 Å². The quantitative estimate of drug-likeness (QED) is 0.647. The maximum atomic E-state index is 8.90. The minimum Gasteiger partial charge on any atom is -0.392 e. The molecule has 0 unspecified atom stereocenters. The van der Waals surface area contributed by atoms with Gasteiger partial charge in [0.2, 0.25) is 0 Å². The number of hydrogen-bond donors (Lipinski definition) is 1. The Morgan fingerprint density at radius 2 is 1.83 bits per heavy atom. The fraction of sp³-hybridized carbons (Fsp3) is 0.273. The number of benzene rings is 1. The third-order valence-corrected chi connectivity index (χ3v) is 1.96. The highest BCUT2D eigenvalue weighted by Gasteiger charge is 1.88. The van der Waals surface area contributed by atoms with Crippen LogP contribution in [0, 0.1) is 0 Å². The van der Waals surface area contributed by atoms with E-state index in [1.807, 2.05) is 32.0 Å². The van der Waals surface area contributed by atoms with Gasteiger partial charge in [0.1, 0.15) is 0 Å². The van der Waals surface area contributed by atoms with Gasteiger partial charge in [0, 0.05) is 0 Å². The monoisotopic (exact) mass is 162 g/mol. The van der Waals surface area contributed by atoms with Gasteiger partial charge in [-0.25, -0.2) is 0 Å². The molecule has 0 fully saturated rings. The molecule has 0 radical (unpaired) electrons. The van der Waals surface area contributed by atoms with Gasteiger partial charge in [-0.15, -0.1) is 0 Å². The summed E-state index contributed by atoms with van der Waals surface area (Å²) in [5.41, 5.74) is 0.966. The molecule has 12 heavy (non-hydrogen) atoms. The van der Waals surface area contributed by atoms with Crippen LogP contribution in [0.3, 0.4) is 0 Å². The molecule has 0 aromatic heterocycles. The summed E-state index contributed by atoms with van der Waals surface area (Å²) >= 11 is 0. The smallest absolute Gasteiger partial charge is 0.0682 e. The van der Waals surface area contributed by atoms with Crippen LogP contribution in [0.25, 0.3) is 12.2 Å². The van der Waals surface area contributed by atoms with Crippen LogP contribution in [0.2, 0.25) is 0 Å². The standard InChI is InChI=1S/C11H14O/c1-3-10-6-5-9(8-12)7-11(10)4-2/h3-7,12H,8H2,1-2H3/b10-3-,11-4-. The van der Waals surface area contributed by atoms with Crippen molar-refractivity contribution in [2.45, 2.75) is 20.5 Å². The van der Waals surface area contributed by atoms with E-state index in [-0.39, 0.29) is 6.61 Å². The van der Waals surface area contributed by atoms with Crippen molar-refractivity contribution >= 4 is 12.2 Å². The average Bonchev–Trinajstić information content (AvgIpc) is 2.16. The molecule has 0 bridgehead atoms. The molecular weight excluding hydrogens is 148 g/mol. The topological polar surface area (TPSA) is 20.2 Å². The first-order chi connectivity index (χ1) is 5.81. The SMILES string of the molecule is C/C=c1/ccc(CO)c/c1=C/C. The molecule has 1 aromatic carbocycles. The molecule has 1 N–H and O–H groups in total. The molecule has 0 aliphatic rings. The van der Waals surface area contributed by atoms with Gasteiger partial charge in [0.05, 0.1) is 6.61 Å². The van der Waals surface area contributed by atoms with E-state index >= 15 is 0 Å². The van der Waals surface area contributed by atoms with E-state index in [0.717, 1.165) is 5.56 Å². The lowest BCUT2D eigenvalue weighted by molar-refractivity contribution is 0.281. The van der Waals surface area contributed by atoms with E-state index in [2.05, 4.69) is 12.2 Å². The lowest BCUT2D eigenvalue weighted by atomic mass is 10.1. The van der Waals surface area contributed by atoms with Gasteiger partial charge in [-0.2, -0.15) is 0 Å². The molecule has 1 nitrogen and oxygen atoms in total. The van der Waals surface area contributed by atoms with Gasteiger partial charge in [-0.1, -0.05) is 24.3 Å². The Labute approximate surface area is 72.7 Å². The average molecular weight is 162 g/mol. The fourth-order valence-corrected chi connectivity index (χ4v) is 1.24. The molecule has 0 aliphatic heterocycles. The van der Waals surface area contributed by atoms with Crippen molar-refractivity contribution in [3.63, 3.8) is 0 Å². The molecule has 0 amide bonds. The highest BCUT2D eigenvalue weighted by molar-refractivity contribution is 5.31. The predicted molar refractivity (Wildman–Crippen MR) is 51.9 cm³/mol. The van der Waals surface area contributed by atoms with Crippen LogP contribution in [0.5, 0.6) is 0 Å². The third-order valence-electron chi connectivity index (χ3n) is 1.96. The first kappa shape index (κ1) is 9.01. The maximum Gasteiger partial charge on any atom is 0.0682 e. The molecule has 0 atom stereocenters. The Morgan fingerprint density at radius 1 is 1.17 bits per heavy atom. The van der Waals surface area contributed by atoms with Crippen molar-refractivity contribution in [1.82, 2.24) is 0 Å². The lowest BCUT2D eigenvalue weighted by Gasteiger charge is -1.95. The number of rotatable bonds is 1. The summed E-state index contributed by atoms with van der Waals surface area (Å²) in [7, 11) is 0. The van der Waals surface area contributed by atoms with Crippen LogP contribution >= 0.6 is 0 Å². The van der Waals surface area contributed by atoms with Crippen LogP contribution in [-0.4, -0.2) is 5.11 Å². The Bertz CT molecular complexity index is 363. The Morgan fingerprint density at radius 3 is 2.33 bits per heavy atom. The fourth-order valence-electron chi connectivity index (χ4n) is 1.24. The number of aliphatic hydroxyl groups is 1.